The fraction of sp³-hybridized carbons (Fsp3) is 0.625. The average molecular weight is 198 g/mol. The predicted octanol–water partition coefficient (Wildman–Crippen LogP) is 0.300. The Bertz CT molecular complexity index is 321. The number of rotatable bonds is 4. The fourth-order valence-electron chi connectivity index (χ4n) is 1.06. The fourth-order valence-corrected chi connectivity index (χ4v) is 1.06. The summed E-state index contributed by atoms with van der Waals surface area (Å²) in [5.74, 6) is 0.148. The second-order valence-corrected chi connectivity index (χ2v) is 3.42. The number of nitrogens with zero attached hydrogens (tertiary/aromatic N) is 2. The highest BCUT2D eigenvalue weighted by Crippen LogP contribution is 2.09. The summed E-state index contributed by atoms with van der Waals surface area (Å²) < 4.78 is 4.82. The Balaban J connectivity index is 2.69. The van der Waals surface area contributed by atoms with Crippen LogP contribution in [-0.2, 0) is 4.79 Å². The van der Waals surface area contributed by atoms with Gasteiger partial charge in [0.05, 0.1) is 0 Å². The van der Waals surface area contributed by atoms with E-state index in [2.05, 4.69) is 15.5 Å². The van der Waals surface area contributed by atoms with Crippen LogP contribution in [0.1, 0.15) is 19.7 Å². The molecule has 0 bridgehead atoms. The maximum absolute atomic E-state index is 11.0. The lowest BCUT2D eigenvalue weighted by Crippen LogP contribution is -2.39. The van der Waals surface area contributed by atoms with Gasteiger partial charge in [0.2, 0.25) is 5.91 Å². The van der Waals surface area contributed by atoms with Crippen molar-refractivity contribution in [3.05, 3.63) is 5.82 Å². The number of carbonyl (C=O) groups is 1. The van der Waals surface area contributed by atoms with Crippen molar-refractivity contribution < 1.29 is 9.32 Å². The van der Waals surface area contributed by atoms with Gasteiger partial charge in [-0.2, -0.15) is 4.98 Å². The minimum Gasteiger partial charge on any atom is -0.368 e. The van der Waals surface area contributed by atoms with Crippen molar-refractivity contribution in [1.82, 2.24) is 10.1 Å². The first-order chi connectivity index (χ1) is 6.50. The van der Waals surface area contributed by atoms with Crippen LogP contribution in [0.5, 0.6) is 0 Å². The summed E-state index contributed by atoms with van der Waals surface area (Å²) in [6.45, 7) is 5.46. The highest BCUT2D eigenvalue weighted by atomic mass is 16.5. The molecule has 0 saturated heterocycles. The minimum atomic E-state index is -0.491. The van der Waals surface area contributed by atoms with Crippen molar-refractivity contribution in [3.63, 3.8) is 0 Å². The monoisotopic (exact) mass is 198 g/mol. The van der Waals surface area contributed by atoms with Crippen molar-refractivity contribution in [2.75, 3.05) is 5.32 Å². The van der Waals surface area contributed by atoms with Crippen LogP contribution in [-0.4, -0.2) is 22.1 Å². The van der Waals surface area contributed by atoms with E-state index in [1.807, 2.05) is 13.8 Å². The number of hydrogen-bond acceptors (Lipinski definition) is 5. The van der Waals surface area contributed by atoms with Gasteiger partial charge in [0.1, 0.15) is 6.04 Å². The summed E-state index contributed by atoms with van der Waals surface area (Å²) >= 11 is 0. The van der Waals surface area contributed by atoms with Crippen LogP contribution in [0.15, 0.2) is 4.52 Å². The number of nitrogens with two attached hydrogens (primary N) is 1. The van der Waals surface area contributed by atoms with Crippen molar-refractivity contribution in [2.45, 2.75) is 26.8 Å². The Morgan fingerprint density at radius 2 is 2.21 bits per heavy atom. The van der Waals surface area contributed by atoms with Gasteiger partial charge in [-0.25, -0.2) is 0 Å². The third-order valence-corrected chi connectivity index (χ3v) is 1.78. The normalized spacial score (nSPS) is 12.9. The lowest BCUT2D eigenvalue weighted by Gasteiger charge is -2.16. The molecule has 0 spiro atoms. The summed E-state index contributed by atoms with van der Waals surface area (Å²) in [4.78, 5) is 14.9. The third-order valence-electron chi connectivity index (χ3n) is 1.78. The molecule has 3 N–H and O–H groups in total. The number of amides is 1. The highest BCUT2D eigenvalue weighted by molar-refractivity contribution is 5.82. The van der Waals surface area contributed by atoms with E-state index in [0.717, 1.165) is 0 Å². The molecule has 78 valence electrons. The van der Waals surface area contributed by atoms with Crippen LogP contribution in [0.2, 0.25) is 0 Å². The van der Waals surface area contributed by atoms with Crippen molar-refractivity contribution in [3.8, 4) is 0 Å². The SMILES string of the molecule is Cc1noc(NC(C(N)=O)C(C)C)n1. The Morgan fingerprint density at radius 3 is 2.57 bits per heavy atom. The first-order valence-electron chi connectivity index (χ1n) is 4.37. The molecular formula is C8H14N4O2. The first kappa shape index (κ1) is 10.5. The average Bonchev–Trinajstić information content (AvgIpc) is 2.46. The van der Waals surface area contributed by atoms with Gasteiger partial charge in [0.15, 0.2) is 5.82 Å². The molecule has 0 saturated carbocycles. The van der Waals surface area contributed by atoms with E-state index in [1.165, 1.54) is 0 Å². The van der Waals surface area contributed by atoms with Crippen molar-refractivity contribution >= 4 is 11.9 Å². The van der Waals surface area contributed by atoms with Crippen molar-refractivity contribution in [1.29, 1.82) is 0 Å². The van der Waals surface area contributed by atoms with Gasteiger partial charge < -0.3 is 15.6 Å². The zero-order valence-electron chi connectivity index (χ0n) is 8.44. The van der Waals surface area contributed by atoms with Gasteiger partial charge in [0, 0.05) is 0 Å². The van der Waals surface area contributed by atoms with Crippen LogP contribution in [0.4, 0.5) is 6.01 Å². The van der Waals surface area contributed by atoms with Crippen LogP contribution in [0.3, 0.4) is 0 Å². The number of nitrogens with one attached hydrogen (secondary N) is 1. The lowest BCUT2D eigenvalue weighted by molar-refractivity contribution is -0.119. The molecule has 14 heavy (non-hydrogen) atoms. The molecule has 0 aliphatic rings. The van der Waals surface area contributed by atoms with Gasteiger partial charge >= 0.3 is 6.01 Å². The molecule has 1 atom stereocenters. The van der Waals surface area contributed by atoms with Crippen LogP contribution in [0.25, 0.3) is 0 Å². The standard InChI is InChI=1S/C8H14N4O2/c1-4(2)6(7(9)13)11-8-10-5(3)12-14-8/h4,6H,1-3H3,(H2,9,13)(H,10,11,12). The van der Waals surface area contributed by atoms with E-state index in [9.17, 15) is 4.79 Å². The summed E-state index contributed by atoms with van der Waals surface area (Å²) in [6, 6.07) is -0.269. The second kappa shape index (κ2) is 4.08. The Morgan fingerprint density at radius 1 is 1.57 bits per heavy atom. The number of primary amides is 1. The Labute approximate surface area is 81.9 Å². The Kier molecular flexibility index (Phi) is 3.06. The van der Waals surface area contributed by atoms with Gasteiger partial charge in [0.25, 0.3) is 0 Å². The van der Waals surface area contributed by atoms with E-state index in [1.54, 1.807) is 6.92 Å². The molecule has 1 heterocycles. The molecule has 1 aromatic heterocycles. The number of carbonyl (C=O) groups excluding carboxylic acids is 1. The molecule has 6 nitrogen and oxygen atoms in total. The Hall–Kier alpha value is -1.59. The molecule has 0 aliphatic carbocycles. The molecule has 1 aromatic rings. The molecular weight excluding hydrogens is 184 g/mol. The highest BCUT2D eigenvalue weighted by Gasteiger charge is 2.21. The molecule has 0 fully saturated rings. The molecule has 0 radical (unpaired) electrons. The molecule has 0 aliphatic heterocycles. The number of anilines is 1. The molecule has 1 unspecified atom stereocenters. The zero-order valence-corrected chi connectivity index (χ0v) is 8.44. The lowest BCUT2D eigenvalue weighted by atomic mass is 10.0. The summed E-state index contributed by atoms with van der Waals surface area (Å²) in [5, 5.41) is 6.37. The van der Waals surface area contributed by atoms with Gasteiger partial charge in [-0.3, -0.25) is 4.79 Å². The van der Waals surface area contributed by atoms with E-state index < -0.39 is 11.9 Å². The molecule has 1 rings (SSSR count). The van der Waals surface area contributed by atoms with Crippen LogP contribution < -0.4 is 11.1 Å². The van der Waals surface area contributed by atoms with E-state index in [4.69, 9.17) is 10.3 Å². The second-order valence-electron chi connectivity index (χ2n) is 3.42. The number of aryl methyl sites for hydroxylation is 1. The maximum Gasteiger partial charge on any atom is 0.322 e. The maximum atomic E-state index is 11.0. The molecule has 6 heteroatoms. The quantitative estimate of drug-likeness (QED) is 0.725. The molecule has 1 amide bonds. The summed E-state index contributed by atoms with van der Waals surface area (Å²) in [6.07, 6.45) is 0. The first-order valence-corrected chi connectivity index (χ1v) is 4.37. The summed E-state index contributed by atoms with van der Waals surface area (Å²) in [7, 11) is 0. The molecule has 0 aromatic carbocycles. The van der Waals surface area contributed by atoms with Gasteiger partial charge in [-0.15, -0.1) is 0 Å². The third kappa shape index (κ3) is 2.45. The minimum absolute atomic E-state index is 0.0692. The van der Waals surface area contributed by atoms with E-state index in [-0.39, 0.29) is 11.9 Å². The largest absolute Gasteiger partial charge is 0.368 e. The van der Waals surface area contributed by atoms with Crippen LogP contribution in [0, 0.1) is 12.8 Å². The zero-order chi connectivity index (χ0) is 10.7. The summed E-state index contributed by atoms with van der Waals surface area (Å²) in [5.41, 5.74) is 5.20. The van der Waals surface area contributed by atoms with Gasteiger partial charge in [-0.05, 0) is 12.8 Å². The number of hydrogen-bond donors (Lipinski definition) is 2. The van der Waals surface area contributed by atoms with E-state index >= 15 is 0 Å². The predicted molar refractivity (Wildman–Crippen MR) is 50.5 cm³/mol. The van der Waals surface area contributed by atoms with Crippen LogP contribution >= 0.6 is 0 Å². The van der Waals surface area contributed by atoms with Gasteiger partial charge in [-0.1, -0.05) is 19.0 Å². The van der Waals surface area contributed by atoms with Crippen molar-refractivity contribution in [2.24, 2.45) is 11.7 Å². The number of aromatic nitrogens is 2. The smallest absolute Gasteiger partial charge is 0.322 e. The topological polar surface area (TPSA) is 94.0 Å². The van der Waals surface area contributed by atoms with E-state index in [0.29, 0.717) is 5.82 Å².